The standard InChI is InChI=1S/C32H45NO2/c1-9-32-14-12-27(2,3)18-21(32)25-22(34)16-24-29(6)17-20(19-33)26(35)28(4,5)23(29)10-11-30(24,7)31(25,8)13-15-32/h9,17,21,23-25H,1,10-16,18H2,2-8H3/t21-,23?,24?,25+,29+,30-,31-,32-/m1/s1. The number of hydrogen-bond donors (Lipinski definition) is 0. The van der Waals surface area contributed by atoms with Crippen molar-refractivity contribution in [3.05, 3.63) is 24.3 Å². The van der Waals surface area contributed by atoms with Crippen molar-refractivity contribution in [1.29, 1.82) is 5.26 Å². The zero-order valence-electron chi connectivity index (χ0n) is 23.1. The molecule has 0 bridgehead atoms. The van der Waals surface area contributed by atoms with Gasteiger partial charge in [0.2, 0.25) is 0 Å². The molecule has 2 unspecified atom stereocenters. The van der Waals surface area contributed by atoms with Crippen molar-refractivity contribution in [3.8, 4) is 6.07 Å². The number of nitriles is 1. The number of allylic oxidation sites excluding steroid dienone is 3. The molecule has 0 heterocycles. The fourth-order valence-corrected chi connectivity index (χ4v) is 10.7. The molecular formula is C32H45NO2. The molecule has 35 heavy (non-hydrogen) atoms. The molecule has 0 amide bonds. The first-order chi connectivity index (χ1) is 16.1. The number of fused-ring (bicyclic) bond motifs is 7. The van der Waals surface area contributed by atoms with Crippen LogP contribution in [0.15, 0.2) is 24.3 Å². The van der Waals surface area contributed by atoms with Gasteiger partial charge in [0, 0.05) is 17.8 Å². The molecule has 3 heteroatoms. The first kappa shape index (κ1) is 25.0. The minimum absolute atomic E-state index is 0.000714. The summed E-state index contributed by atoms with van der Waals surface area (Å²) in [6, 6.07) is 2.23. The van der Waals surface area contributed by atoms with Crippen LogP contribution in [0.3, 0.4) is 0 Å². The molecule has 5 aliphatic rings. The molecule has 0 aliphatic heterocycles. The van der Waals surface area contributed by atoms with Crippen molar-refractivity contribution >= 4 is 11.6 Å². The Balaban J connectivity index is 1.64. The largest absolute Gasteiger partial charge is 0.299 e. The fourth-order valence-electron chi connectivity index (χ4n) is 10.7. The van der Waals surface area contributed by atoms with E-state index >= 15 is 0 Å². The van der Waals surface area contributed by atoms with Crippen molar-refractivity contribution in [2.45, 2.75) is 99.8 Å². The van der Waals surface area contributed by atoms with Crippen LogP contribution in [-0.2, 0) is 9.59 Å². The van der Waals surface area contributed by atoms with E-state index in [9.17, 15) is 14.9 Å². The third-order valence-corrected chi connectivity index (χ3v) is 12.9. The Morgan fingerprint density at radius 3 is 2.23 bits per heavy atom. The van der Waals surface area contributed by atoms with Gasteiger partial charge in [0.1, 0.15) is 11.9 Å². The van der Waals surface area contributed by atoms with Gasteiger partial charge in [-0.05, 0) is 89.8 Å². The van der Waals surface area contributed by atoms with Crippen LogP contribution in [0.1, 0.15) is 99.8 Å². The zero-order chi connectivity index (χ0) is 25.8. The van der Waals surface area contributed by atoms with Gasteiger partial charge in [-0.25, -0.2) is 0 Å². The van der Waals surface area contributed by atoms with Crippen LogP contribution >= 0.6 is 0 Å². The van der Waals surface area contributed by atoms with Crippen LogP contribution < -0.4 is 0 Å². The molecule has 0 N–H and O–H groups in total. The van der Waals surface area contributed by atoms with E-state index in [0.717, 1.165) is 38.5 Å². The maximum Gasteiger partial charge on any atom is 0.178 e. The molecule has 0 aromatic carbocycles. The van der Waals surface area contributed by atoms with Crippen LogP contribution in [0, 0.1) is 67.5 Å². The van der Waals surface area contributed by atoms with Gasteiger partial charge in [-0.15, -0.1) is 6.58 Å². The quantitative estimate of drug-likeness (QED) is 0.370. The highest BCUT2D eigenvalue weighted by Gasteiger charge is 2.71. The minimum atomic E-state index is -0.575. The van der Waals surface area contributed by atoms with Gasteiger partial charge in [-0.2, -0.15) is 5.26 Å². The molecule has 0 aromatic rings. The van der Waals surface area contributed by atoms with E-state index in [1.165, 1.54) is 6.42 Å². The highest BCUT2D eigenvalue weighted by Crippen LogP contribution is 2.75. The van der Waals surface area contributed by atoms with Crippen molar-refractivity contribution in [1.82, 2.24) is 0 Å². The number of Topliss-reactive ketones (excluding diaryl/α,β-unsaturated/α-hetero) is 2. The number of carbonyl (C=O) groups excluding carboxylic acids is 2. The van der Waals surface area contributed by atoms with E-state index in [0.29, 0.717) is 23.7 Å². The van der Waals surface area contributed by atoms with Gasteiger partial charge in [0.25, 0.3) is 0 Å². The first-order valence-electron chi connectivity index (χ1n) is 14.0. The Bertz CT molecular complexity index is 1070. The van der Waals surface area contributed by atoms with Gasteiger partial charge in [-0.3, -0.25) is 9.59 Å². The summed E-state index contributed by atoms with van der Waals surface area (Å²) >= 11 is 0. The molecule has 0 saturated heterocycles. The zero-order valence-corrected chi connectivity index (χ0v) is 23.1. The third-order valence-electron chi connectivity index (χ3n) is 12.9. The van der Waals surface area contributed by atoms with E-state index in [4.69, 9.17) is 0 Å². The number of hydrogen-bond acceptors (Lipinski definition) is 3. The topological polar surface area (TPSA) is 57.9 Å². The van der Waals surface area contributed by atoms with Crippen molar-refractivity contribution < 1.29 is 9.59 Å². The van der Waals surface area contributed by atoms with Crippen molar-refractivity contribution in [3.63, 3.8) is 0 Å². The fraction of sp³-hybridized carbons (Fsp3) is 0.781. The lowest BCUT2D eigenvalue weighted by Gasteiger charge is -2.71. The van der Waals surface area contributed by atoms with Crippen molar-refractivity contribution in [2.75, 3.05) is 0 Å². The van der Waals surface area contributed by atoms with Crippen molar-refractivity contribution in [2.24, 2.45) is 56.2 Å². The molecular weight excluding hydrogens is 430 g/mol. The van der Waals surface area contributed by atoms with E-state index < -0.39 is 5.41 Å². The van der Waals surface area contributed by atoms with Gasteiger partial charge in [0.05, 0.1) is 5.57 Å². The average Bonchev–Trinajstić information content (AvgIpc) is 2.77. The second-order valence-corrected chi connectivity index (χ2v) is 15.1. The first-order valence-corrected chi connectivity index (χ1v) is 14.0. The molecule has 5 rings (SSSR count). The van der Waals surface area contributed by atoms with Gasteiger partial charge in [0.15, 0.2) is 5.78 Å². The molecule has 3 nitrogen and oxygen atoms in total. The molecule has 190 valence electrons. The van der Waals surface area contributed by atoms with E-state index in [2.05, 4.69) is 53.3 Å². The predicted molar refractivity (Wildman–Crippen MR) is 139 cm³/mol. The maximum atomic E-state index is 14.4. The second-order valence-electron chi connectivity index (χ2n) is 15.1. The maximum absolute atomic E-state index is 14.4. The summed E-state index contributed by atoms with van der Waals surface area (Å²) < 4.78 is 0. The molecule has 0 spiro atoms. The van der Waals surface area contributed by atoms with Crippen LogP contribution in [-0.4, -0.2) is 11.6 Å². The molecule has 5 aliphatic carbocycles. The number of rotatable bonds is 1. The highest BCUT2D eigenvalue weighted by atomic mass is 16.1. The summed E-state index contributed by atoms with van der Waals surface area (Å²) in [5, 5.41) is 9.87. The number of ketones is 2. The van der Waals surface area contributed by atoms with Crippen LogP contribution in [0.2, 0.25) is 0 Å². The molecule has 8 atom stereocenters. The molecule has 4 saturated carbocycles. The SMILES string of the molecule is C=C[C@]12CCC(C)(C)C[C@@H]1[C@H]1C(=O)CC3[C@@]4(C)C=C(C#N)C(=O)C(C)(C)C4CC[C@@]3(C)[C@]1(C)CC2. The number of carbonyl (C=O) groups is 2. The molecule has 0 aromatic heterocycles. The van der Waals surface area contributed by atoms with Gasteiger partial charge < -0.3 is 0 Å². The summed E-state index contributed by atoms with van der Waals surface area (Å²) in [5.41, 5.74) is -0.313. The number of nitrogens with zero attached hydrogens (tertiary/aromatic N) is 1. The Kier molecular flexibility index (Phi) is 5.14. The van der Waals surface area contributed by atoms with E-state index in [-0.39, 0.29) is 50.6 Å². The van der Waals surface area contributed by atoms with E-state index in [1.807, 2.05) is 19.9 Å². The Morgan fingerprint density at radius 2 is 1.60 bits per heavy atom. The van der Waals surface area contributed by atoms with Crippen LogP contribution in [0.4, 0.5) is 0 Å². The lowest BCUT2D eigenvalue weighted by molar-refractivity contribution is -0.217. The summed E-state index contributed by atoms with van der Waals surface area (Å²) in [6.45, 7) is 20.3. The second kappa shape index (κ2) is 7.20. The predicted octanol–water partition coefficient (Wildman–Crippen LogP) is 7.47. The van der Waals surface area contributed by atoms with Gasteiger partial charge in [-0.1, -0.05) is 60.6 Å². The summed E-state index contributed by atoms with van der Waals surface area (Å²) in [6.07, 6.45) is 12.5. The molecule has 4 fully saturated rings. The van der Waals surface area contributed by atoms with Crippen LogP contribution in [0.25, 0.3) is 0 Å². The molecule has 0 radical (unpaired) electrons. The smallest absolute Gasteiger partial charge is 0.178 e. The summed E-state index contributed by atoms with van der Waals surface area (Å²) in [7, 11) is 0. The lowest BCUT2D eigenvalue weighted by atomic mass is 9.31. The lowest BCUT2D eigenvalue weighted by Crippen LogP contribution is -2.68. The van der Waals surface area contributed by atoms with Gasteiger partial charge >= 0.3 is 0 Å². The minimum Gasteiger partial charge on any atom is -0.299 e. The summed E-state index contributed by atoms with van der Waals surface area (Å²) in [5.74, 6) is 1.18. The van der Waals surface area contributed by atoms with E-state index in [1.54, 1.807) is 0 Å². The normalized spacial score (nSPS) is 49.9. The Labute approximate surface area is 212 Å². The Hall–Kier alpha value is -1.69. The van der Waals surface area contributed by atoms with Crippen LogP contribution in [0.5, 0.6) is 0 Å². The Morgan fingerprint density at radius 1 is 0.943 bits per heavy atom. The average molecular weight is 476 g/mol. The summed E-state index contributed by atoms with van der Waals surface area (Å²) in [4.78, 5) is 27.6. The highest BCUT2D eigenvalue weighted by molar-refractivity contribution is 6.04. The third kappa shape index (κ3) is 2.95. The monoisotopic (exact) mass is 475 g/mol.